The van der Waals surface area contributed by atoms with Crippen LogP contribution in [0.1, 0.15) is 52.6 Å². The Morgan fingerprint density at radius 1 is 0.882 bits per heavy atom. The number of hydrogen-bond donors (Lipinski definition) is 3. The summed E-state index contributed by atoms with van der Waals surface area (Å²) < 4.78 is 0. The zero-order valence-corrected chi connectivity index (χ0v) is 19.8. The molecule has 0 aromatic heterocycles. The Hall–Kier alpha value is -3.90. The van der Waals surface area contributed by atoms with Crippen LogP contribution in [-0.2, 0) is 10.2 Å². The van der Waals surface area contributed by atoms with Gasteiger partial charge in [0.25, 0.3) is 11.8 Å². The van der Waals surface area contributed by atoms with Gasteiger partial charge in [0.2, 0.25) is 0 Å². The van der Waals surface area contributed by atoms with Crippen molar-refractivity contribution in [3.05, 3.63) is 106 Å². The molecule has 0 fully saturated rings. The van der Waals surface area contributed by atoms with E-state index in [-0.39, 0.29) is 22.4 Å². The van der Waals surface area contributed by atoms with Gasteiger partial charge in [-0.1, -0.05) is 62.7 Å². The summed E-state index contributed by atoms with van der Waals surface area (Å²) in [5.41, 5.74) is 2.39. The van der Waals surface area contributed by atoms with Crippen LogP contribution >= 0.6 is 11.6 Å². The number of anilines is 1. The number of carbonyl (C=O) groups excluding carboxylic acids is 2. The van der Waals surface area contributed by atoms with Crippen molar-refractivity contribution in [1.82, 2.24) is 5.32 Å². The van der Waals surface area contributed by atoms with E-state index in [1.165, 1.54) is 24.3 Å². The molecule has 0 atom stereocenters. The fraction of sp³-hybridized carbons (Fsp3) is 0.148. The van der Waals surface area contributed by atoms with Gasteiger partial charge in [-0.25, -0.2) is 4.79 Å². The van der Waals surface area contributed by atoms with E-state index >= 15 is 0 Å². The summed E-state index contributed by atoms with van der Waals surface area (Å²) in [6, 6.07) is 19.8. The fourth-order valence-electron chi connectivity index (χ4n) is 3.13. The number of benzene rings is 3. The molecular weight excluding hydrogens is 452 g/mol. The normalized spacial score (nSPS) is 11.6. The first-order valence-corrected chi connectivity index (χ1v) is 10.9. The lowest BCUT2D eigenvalue weighted by Crippen LogP contribution is -2.30. The molecule has 174 valence electrons. The summed E-state index contributed by atoms with van der Waals surface area (Å²) in [6.07, 6.45) is 1.52. The maximum atomic E-state index is 13.0. The highest BCUT2D eigenvalue weighted by atomic mass is 35.5. The van der Waals surface area contributed by atoms with Crippen LogP contribution in [0.25, 0.3) is 6.08 Å². The van der Waals surface area contributed by atoms with Gasteiger partial charge in [0.15, 0.2) is 0 Å². The second kappa shape index (κ2) is 10.4. The minimum Gasteiger partial charge on any atom is -0.478 e. The maximum absolute atomic E-state index is 13.0. The van der Waals surface area contributed by atoms with Gasteiger partial charge in [0, 0.05) is 16.3 Å². The number of carbonyl (C=O) groups is 3. The lowest BCUT2D eigenvalue weighted by Gasteiger charge is -2.19. The molecule has 0 aliphatic rings. The van der Waals surface area contributed by atoms with Crippen molar-refractivity contribution in [3.8, 4) is 0 Å². The highest BCUT2D eigenvalue weighted by Crippen LogP contribution is 2.22. The number of aromatic carboxylic acids is 1. The van der Waals surface area contributed by atoms with E-state index in [0.717, 1.165) is 5.56 Å². The molecule has 6 nitrogen and oxygen atoms in total. The minimum atomic E-state index is -1.11. The largest absolute Gasteiger partial charge is 0.478 e. The van der Waals surface area contributed by atoms with Crippen LogP contribution in [0.15, 0.2) is 78.5 Å². The molecule has 0 spiro atoms. The van der Waals surface area contributed by atoms with Crippen molar-refractivity contribution in [2.45, 2.75) is 26.2 Å². The lowest BCUT2D eigenvalue weighted by atomic mass is 9.87. The predicted octanol–water partition coefficient (Wildman–Crippen LogP) is 5.75. The molecule has 7 heteroatoms. The van der Waals surface area contributed by atoms with E-state index in [2.05, 4.69) is 31.4 Å². The van der Waals surface area contributed by atoms with Crippen molar-refractivity contribution in [1.29, 1.82) is 0 Å². The van der Waals surface area contributed by atoms with E-state index in [4.69, 9.17) is 11.6 Å². The summed E-state index contributed by atoms with van der Waals surface area (Å²) >= 11 is 5.95. The first kappa shape index (κ1) is 24.7. The Morgan fingerprint density at radius 2 is 1.53 bits per heavy atom. The Kier molecular flexibility index (Phi) is 7.54. The van der Waals surface area contributed by atoms with E-state index in [1.54, 1.807) is 42.5 Å². The molecule has 3 aromatic carbocycles. The molecule has 0 saturated heterocycles. The van der Waals surface area contributed by atoms with Gasteiger partial charge in [0.05, 0.1) is 5.56 Å². The standard InChI is InChI=1S/C27H25ClN2O4/c1-27(2,3)20-11-9-18(10-12-20)24(31)30-23(15-17-7-13-21(28)14-8-17)25(32)29-22-6-4-5-19(16-22)26(33)34/h4-16H,1-3H3,(H,29,32)(H,30,31)(H,33,34)/b23-15-. The van der Waals surface area contributed by atoms with Crippen LogP contribution in [0, 0.1) is 0 Å². The zero-order chi connectivity index (χ0) is 24.9. The first-order valence-electron chi connectivity index (χ1n) is 10.6. The maximum Gasteiger partial charge on any atom is 0.335 e. The number of nitrogens with one attached hydrogen (secondary N) is 2. The van der Waals surface area contributed by atoms with E-state index < -0.39 is 17.8 Å². The summed E-state index contributed by atoms with van der Waals surface area (Å²) in [4.78, 5) is 37.2. The van der Waals surface area contributed by atoms with E-state index in [0.29, 0.717) is 16.1 Å². The molecule has 0 radical (unpaired) electrons. The van der Waals surface area contributed by atoms with Gasteiger partial charge in [-0.3, -0.25) is 9.59 Å². The van der Waals surface area contributed by atoms with Gasteiger partial charge in [-0.05, 0) is 65.1 Å². The third kappa shape index (κ3) is 6.56. The second-order valence-electron chi connectivity index (χ2n) is 8.73. The van der Waals surface area contributed by atoms with Gasteiger partial charge in [0.1, 0.15) is 5.70 Å². The number of carboxylic acids is 1. The number of carboxylic acid groups (broad SMARTS) is 1. The Labute approximate surface area is 203 Å². The van der Waals surface area contributed by atoms with Crippen molar-refractivity contribution < 1.29 is 19.5 Å². The van der Waals surface area contributed by atoms with Crippen LogP contribution in [-0.4, -0.2) is 22.9 Å². The molecule has 3 N–H and O–H groups in total. The molecule has 0 saturated carbocycles. The Balaban J connectivity index is 1.88. The predicted molar refractivity (Wildman–Crippen MR) is 134 cm³/mol. The Morgan fingerprint density at radius 3 is 2.12 bits per heavy atom. The van der Waals surface area contributed by atoms with Crippen LogP contribution in [0.4, 0.5) is 5.69 Å². The molecule has 2 amide bonds. The monoisotopic (exact) mass is 476 g/mol. The molecule has 0 bridgehead atoms. The molecule has 0 heterocycles. The average Bonchev–Trinajstić information content (AvgIpc) is 2.79. The highest BCUT2D eigenvalue weighted by molar-refractivity contribution is 6.30. The van der Waals surface area contributed by atoms with Crippen LogP contribution in [0.5, 0.6) is 0 Å². The number of rotatable bonds is 6. The van der Waals surface area contributed by atoms with E-state index in [1.807, 2.05) is 12.1 Å². The first-order chi connectivity index (χ1) is 16.0. The zero-order valence-electron chi connectivity index (χ0n) is 19.1. The molecular formula is C27H25ClN2O4. The Bertz CT molecular complexity index is 1240. The third-order valence-electron chi connectivity index (χ3n) is 5.05. The highest BCUT2D eigenvalue weighted by Gasteiger charge is 2.18. The van der Waals surface area contributed by atoms with Crippen LogP contribution in [0.3, 0.4) is 0 Å². The third-order valence-corrected chi connectivity index (χ3v) is 5.31. The molecule has 0 unspecified atom stereocenters. The second-order valence-corrected chi connectivity index (χ2v) is 9.17. The summed E-state index contributed by atoms with van der Waals surface area (Å²) in [7, 11) is 0. The average molecular weight is 477 g/mol. The molecule has 34 heavy (non-hydrogen) atoms. The molecule has 0 aliphatic heterocycles. The minimum absolute atomic E-state index is 0.00653. The summed E-state index contributed by atoms with van der Waals surface area (Å²) in [5, 5.41) is 15.0. The lowest BCUT2D eigenvalue weighted by molar-refractivity contribution is -0.113. The van der Waals surface area contributed by atoms with Crippen molar-refractivity contribution in [3.63, 3.8) is 0 Å². The van der Waals surface area contributed by atoms with Gasteiger partial charge in [-0.2, -0.15) is 0 Å². The number of amides is 2. The van der Waals surface area contributed by atoms with Gasteiger partial charge >= 0.3 is 5.97 Å². The van der Waals surface area contributed by atoms with Gasteiger partial charge in [-0.15, -0.1) is 0 Å². The summed E-state index contributed by atoms with van der Waals surface area (Å²) in [5.74, 6) is -2.16. The molecule has 0 aliphatic carbocycles. The number of hydrogen-bond acceptors (Lipinski definition) is 3. The van der Waals surface area contributed by atoms with Crippen molar-refractivity contribution in [2.24, 2.45) is 0 Å². The number of halogens is 1. The van der Waals surface area contributed by atoms with Gasteiger partial charge < -0.3 is 15.7 Å². The molecule has 3 rings (SSSR count). The SMILES string of the molecule is CC(C)(C)c1ccc(C(=O)N/C(=C\c2ccc(Cl)cc2)C(=O)Nc2cccc(C(=O)O)c2)cc1. The van der Waals surface area contributed by atoms with Crippen molar-refractivity contribution in [2.75, 3.05) is 5.32 Å². The van der Waals surface area contributed by atoms with Crippen LogP contribution in [0.2, 0.25) is 5.02 Å². The van der Waals surface area contributed by atoms with Crippen LogP contribution < -0.4 is 10.6 Å². The molecule has 3 aromatic rings. The quantitative estimate of drug-likeness (QED) is 0.395. The van der Waals surface area contributed by atoms with Crippen molar-refractivity contribution >= 4 is 41.1 Å². The topological polar surface area (TPSA) is 95.5 Å². The fourth-order valence-corrected chi connectivity index (χ4v) is 3.25. The summed E-state index contributed by atoms with van der Waals surface area (Å²) in [6.45, 7) is 6.25. The smallest absolute Gasteiger partial charge is 0.335 e. The van der Waals surface area contributed by atoms with E-state index in [9.17, 15) is 19.5 Å².